The van der Waals surface area contributed by atoms with Gasteiger partial charge < -0.3 is 0 Å². The van der Waals surface area contributed by atoms with E-state index >= 15 is 0 Å². The minimum absolute atomic E-state index is 0.0873. The number of rotatable bonds is 3. The van der Waals surface area contributed by atoms with Crippen molar-refractivity contribution in [2.45, 2.75) is 0 Å². The largest absolute Gasteiger partial charge is 0.0629 e. The van der Waals surface area contributed by atoms with Gasteiger partial charge in [-0.05, 0) is 82.5 Å². The average molecular weight is 511 g/mol. The number of benzene rings is 8. The van der Waals surface area contributed by atoms with Gasteiger partial charge in [0, 0.05) is 0 Å². The van der Waals surface area contributed by atoms with Crippen molar-refractivity contribution < 1.29 is 5.48 Å². The van der Waals surface area contributed by atoms with Gasteiger partial charge in [-0.3, -0.25) is 0 Å². The van der Waals surface area contributed by atoms with Crippen molar-refractivity contribution in [1.82, 2.24) is 0 Å². The summed E-state index contributed by atoms with van der Waals surface area (Å²) in [5, 5.41) is 8.63. The fraction of sp³-hybridized carbons (Fsp3) is 0. The maximum atomic E-state index is 8.82. The van der Waals surface area contributed by atoms with Crippen LogP contribution in [-0.4, -0.2) is 0 Å². The summed E-state index contributed by atoms with van der Waals surface area (Å²) in [7, 11) is 0. The van der Waals surface area contributed by atoms with E-state index in [2.05, 4.69) is 91.0 Å². The van der Waals surface area contributed by atoms with Crippen LogP contribution in [0.2, 0.25) is 0 Å². The molecule has 0 heteroatoms. The van der Waals surface area contributed by atoms with E-state index in [1.54, 1.807) is 0 Å². The summed E-state index contributed by atoms with van der Waals surface area (Å²) in [6, 6.07) is 45.5. The van der Waals surface area contributed by atoms with Gasteiger partial charge in [0.2, 0.25) is 0 Å². The summed E-state index contributed by atoms with van der Waals surface area (Å²) in [6.45, 7) is 0. The van der Waals surface area contributed by atoms with Crippen LogP contribution in [-0.2, 0) is 0 Å². The third-order valence-electron chi connectivity index (χ3n) is 7.98. The Morgan fingerprint density at radius 2 is 0.925 bits per heavy atom. The van der Waals surface area contributed by atoms with Crippen LogP contribution in [0.15, 0.2) is 158 Å². The zero-order valence-corrected chi connectivity index (χ0v) is 21.7. The van der Waals surface area contributed by atoms with Gasteiger partial charge in [0.05, 0.1) is 5.48 Å². The predicted molar refractivity (Wildman–Crippen MR) is 173 cm³/mol. The monoisotopic (exact) mass is 510 g/mol. The van der Waals surface area contributed by atoms with Crippen LogP contribution in [0.4, 0.5) is 0 Å². The van der Waals surface area contributed by atoms with Crippen molar-refractivity contribution in [2.75, 3.05) is 0 Å². The Labute approximate surface area is 239 Å². The Morgan fingerprint density at radius 3 is 1.65 bits per heavy atom. The molecule has 0 unspecified atom stereocenters. The van der Waals surface area contributed by atoms with Gasteiger partial charge in [-0.15, -0.1) is 0 Å². The molecule has 0 aliphatic heterocycles. The fourth-order valence-electron chi connectivity index (χ4n) is 6.24. The van der Waals surface area contributed by atoms with E-state index in [-0.39, 0.29) is 24.2 Å². The van der Waals surface area contributed by atoms with Crippen LogP contribution >= 0.6 is 0 Å². The van der Waals surface area contributed by atoms with E-state index < -0.39 is 0 Å². The molecule has 0 radical (unpaired) electrons. The summed E-state index contributed by atoms with van der Waals surface area (Å²) < 4.78 is 34.1. The molecule has 0 spiro atoms. The Bertz CT molecular complexity index is 2380. The van der Waals surface area contributed by atoms with E-state index in [1.165, 1.54) is 33.4 Å². The second kappa shape index (κ2) is 9.22. The molecule has 0 bridgehead atoms. The first-order valence-electron chi connectivity index (χ1n) is 15.5. The van der Waals surface area contributed by atoms with E-state index in [4.69, 9.17) is 5.48 Å². The number of hydrogen-bond donors (Lipinski definition) is 0. The van der Waals surface area contributed by atoms with Gasteiger partial charge in [-0.2, -0.15) is 0 Å². The van der Waals surface area contributed by atoms with Crippen molar-refractivity contribution in [2.24, 2.45) is 0 Å². The molecule has 0 amide bonds. The molecule has 0 fully saturated rings. The highest BCUT2D eigenvalue weighted by Gasteiger charge is 2.18. The Hall–Kier alpha value is -5.20. The lowest BCUT2D eigenvalue weighted by Gasteiger charge is -2.19. The van der Waals surface area contributed by atoms with Gasteiger partial charge in [0.1, 0.15) is 0 Å². The molecule has 8 aromatic carbocycles. The number of fused-ring (bicyclic) bond motifs is 4. The van der Waals surface area contributed by atoms with Gasteiger partial charge in [-0.1, -0.05) is 152 Å². The SMILES string of the molecule is [2H]c1cc([2H])c(-c2c3ccccc3c(-c3cccc4c(-c5ccc6ccccc6c5)cccc34)c3ccccc23)c([2H])c1[2H]. The molecule has 0 nitrogen and oxygen atoms in total. The molecule has 0 saturated heterocycles. The zero-order chi connectivity index (χ0) is 29.9. The third kappa shape index (κ3) is 3.54. The second-order valence-corrected chi connectivity index (χ2v) is 10.2. The minimum Gasteiger partial charge on any atom is -0.0622 e. The average Bonchev–Trinajstić information content (AvgIpc) is 3.06. The topological polar surface area (TPSA) is 0 Å². The van der Waals surface area contributed by atoms with Crippen molar-refractivity contribution in [3.8, 4) is 33.4 Å². The highest BCUT2D eigenvalue weighted by Crippen LogP contribution is 2.46. The van der Waals surface area contributed by atoms with Crippen molar-refractivity contribution in [3.63, 3.8) is 0 Å². The summed E-state index contributed by atoms with van der Waals surface area (Å²) in [5.41, 5.74) is 5.72. The fourth-order valence-corrected chi connectivity index (χ4v) is 6.24. The molecule has 0 atom stereocenters. The standard InChI is InChI=1S/C40H26/c1-2-13-28(14-3-1)39-35-16-6-8-18-37(35)40(38-19-9-7-17-36(38)39)34-23-11-21-32-31(20-10-22-33(32)34)30-25-24-27-12-4-5-15-29(27)26-30/h1-26H/i1D,2D,13D,14D. The molecule has 40 heavy (non-hydrogen) atoms. The first kappa shape index (κ1) is 19.0. The molecule has 8 rings (SSSR count). The highest BCUT2D eigenvalue weighted by atomic mass is 14.2. The Balaban J connectivity index is 1.46. The van der Waals surface area contributed by atoms with Crippen LogP contribution in [0, 0.1) is 0 Å². The summed E-state index contributed by atoms with van der Waals surface area (Å²) in [5.74, 6) is 0. The summed E-state index contributed by atoms with van der Waals surface area (Å²) in [6.07, 6.45) is 0. The van der Waals surface area contributed by atoms with E-state index in [0.717, 1.165) is 43.6 Å². The molecule has 0 aliphatic carbocycles. The lowest BCUT2D eigenvalue weighted by Crippen LogP contribution is -1.92. The second-order valence-electron chi connectivity index (χ2n) is 10.2. The Kier molecular flexibility index (Phi) is 4.37. The first-order valence-corrected chi connectivity index (χ1v) is 13.5. The van der Waals surface area contributed by atoms with Crippen LogP contribution in [0.25, 0.3) is 76.5 Å². The summed E-state index contributed by atoms with van der Waals surface area (Å²) >= 11 is 0. The van der Waals surface area contributed by atoms with Crippen LogP contribution in [0.5, 0.6) is 0 Å². The maximum Gasteiger partial charge on any atom is 0.0629 e. The van der Waals surface area contributed by atoms with Gasteiger partial charge >= 0.3 is 0 Å². The third-order valence-corrected chi connectivity index (χ3v) is 7.98. The quantitative estimate of drug-likeness (QED) is 0.207. The lowest BCUT2D eigenvalue weighted by atomic mass is 9.84. The smallest absolute Gasteiger partial charge is 0.0622 e. The minimum atomic E-state index is -0.163. The maximum absolute atomic E-state index is 8.82. The normalized spacial score (nSPS) is 12.9. The molecule has 0 heterocycles. The molecule has 0 N–H and O–H groups in total. The van der Waals surface area contributed by atoms with Gasteiger partial charge in [0.25, 0.3) is 0 Å². The molecule has 0 aromatic heterocycles. The lowest BCUT2D eigenvalue weighted by molar-refractivity contribution is 1.65. The molecule has 186 valence electrons. The molecular formula is C40H26. The van der Waals surface area contributed by atoms with Crippen molar-refractivity contribution in [1.29, 1.82) is 0 Å². The van der Waals surface area contributed by atoms with Crippen LogP contribution in [0.1, 0.15) is 5.48 Å². The molecule has 0 aliphatic rings. The van der Waals surface area contributed by atoms with Crippen LogP contribution < -0.4 is 0 Å². The summed E-state index contributed by atoms with van der Waals surface area (Å²) in [4.78, 5) is 0. The molecule has 0 saturated carbocycles. The van der Waals surface area contributed by atoms with Gasteiger partial charge in [0.15, 0.2) is 0 Å². The van der Waals surface area contributed by atoms with Crippen molar-refractivity contribution in [3.05, 3.63) is 158 Å². The Morgan fingerprint density at radius 1 is 0.350 bits per heavy atom. The van der Waals surface area contributed by atoms with E-state index in [1.807, 2.05) is 36.4 Å². The van der Waals surface area contributed by atoms with E-state index in [0.29, 0.717) is 5.56 Å². The number of hydrogen-bond acceptors (Lipinski definition) is 0. The first-order chi connectivity index (χ1) is 21.5. The predicted octanol–water partition coefficient (Wildman–Crippen LogP) is 11.3. The van der Waals surface area contributed by atoms with E-state index in [9.17, 15) is 0 Å². The molecule has 8 aromatic rings. The van der Waals surface area contributed by atoms with Gasteiger partial charge in [-0.25, -0.2) is 0 Å². The van der Waals surface area contributed by atoms with Crippen molar-refractivity contribution >= 4 is 43.1 Å². The zero-order valence-electron chi connectivity index (χ0n) is 25.7. The van der Waals surface area contributed by atoms with Crippen LogP contribution in [0.3, 0.4) is 0 Å². The highest BCUT2D eigenvalue weighted by molar-refractivity contribution is 6.24. The molecular weight excluding hydrogens is 480 g/mol.